The molecule has 0 saturated heterocycles. The third-order valence-electron chi connectivity index (χ3n) is 3.96. The minimum atomic E-state index is -3.44. The van der Waals surface area contributed by atoms with E-state index in [9.17, 15) is 8.42 Å². The van der Waals surface area contributed by atoms with Gasteiger partial charge < -0.3 is 5.32 Å². The van der Waals surface area contributed by atoms with E-state index in [1.807, 2.05) is 47.3 Å². The van der Waals surface area contributed by atoms with Crippen molar-refractivity contribution in [2.75, 3.05) is 5.32 Å². The maximum atomic E-state index is 12.4. The van der Waals surface area contributed by atoms with Gasteiger partial charge in [0.05, 0.1) is 34.6 Å². The van der Waals surface area contributed by atoms with Gasteiger partial charge in [0.15, 0.2) is 14.9 Å². The predicted molar refractivity (Wildman–Crippen MR) is 102 cm³/mol. The lowest BCUT2D eigenvalue weighted by molar-refractivity contribution is 0.556. The summed E-state index contributed by atoms with van der Waals surface area (Å²) in [6.07, 6.45) is 3.44. The van der Waals surface area contributed by atoms with Crippen LogP contribution in [0.25, 0.3) is 5.69 Å². The number of benzene rings is 1. The predicted octanol–water partition coefficient (Wildman–Crippen LogP) is 3.45. The summed E-state index contributed by atoms with van der Waals surface area (Å²) in [4.78, 5) is 4.11. The lowest BCUT2D eigenvalue weighted by Crippen LogP contribution is -2.28. The van der Waals surface area contributed by atoms with Crippen molar-refractivity contribution < 1.29 is 8.42 Å². The van der Waals surface area contributed by atoms with Gasteiger partial charge in [-0.05, 0) is 51.1 Å². The molecule has 1 N–H and O–H groups in total. The summed E-state index contributed by atoms with van der Waals surface area (Å²) < 4.78 is 25.7. The normalized spacial score (nSPS) is 12.1. The minimum Gasteiger partial charge on any atom is -0.378 e. The van der Waals surface area contributed by atoms with Crippen LogP contribution in [0, 0.1) is 0 Å². The Morgan fingerprint density at radius 3 is 2.38 bits per heavy atom. The largest absolute Gasteiger partial charge is 0.378 e. The second-order valence-corrected chi connectivity index (χ2v) is 9.59. The summed E-state index contributed by atoms with van der Waals surface area (Å²) in [5.74, 6) is 0. The number of anilines is 1. The third-order valence-corrected chi connectivity index (χ3v) is 6.36. The van der Waals surface area contributed by atoms with Crippen molar-refractivity contribution in [1.29, 1.82) is 0 Å². The highest BCUT2D eigenvalue weighted by atomic mass is 32.2. The lowest BCUT2D eigenvalue weighted by Gasteiger charge is -2.18. The maximum absolute atomic E-state index is 12.4. The van der Waals surface area contributed by atoms with Crippen LogP contribution in [0.2, 0.25) is 0 Å². The van der Waals surface area contributed by atoms with Crippen LogP contribution in [0.1, 0.15) is 26.5 Å². The molecule has 1 aromatic carbocycles. The first-order chi connectivity index (χ1) is 12.3. The molecule has 0 saturated carbocycles. The zero-order valence-corrected chi connectivity index (χ0v) is 15.9. The van der Waals surface area contributed by atoms with Gasteiger partial charge in [0.1, 0.15) is 0 Å². The van der Waals surface area contributed by atoms with Crippen LogP contribution >= 0.6 is 0 Å². The first kappa shape index (κ1) is 18.1. The molecule has 7 heteroatoms. The first-order valence-corrected chi connectivity index (χ1v) is 9.80. The summed E-state index contributed by atoms with van der Waals surface area (Å²) in [6, 6.07) is 15.1. The van der Waals surface area contributed by atoms with E-state index >= 15 is 0 Å². The van der Waals surface area contributed by atoms with Gasteiger partial charge in [-0.3, -0.25) is 0 Å². The van der Waals surface area contributed by atoms with Gasteiger partial charge in [0, 0.05) is 6.20 Å². The number of hydrogen-bond donors (Lipinski definition) is 1. The standard InChI is InChI=1S/C19H22N4O2S/c1-19(2,3)26(24,25)18-10-9-15(13-21-18)20-14-16-11-12-23(22-16)17-7-5-4-6-8-17/h4-13,20H,14H2,1-3H3. The third kappa shape index (κ3) is 3.77. The molecule has 0 aliphatic carbocycles. The SMILES string of the molecule is CC(C)(C)S(=O)(=O)c1ccc(NCc2ccn(-c3ccccc3)n2)cn1. The van der Waals surface area contributed by atoms with Crippen molar-refractivity contribution in [3.8, 4) is 5.69 Å². The molecule has 3 aromatic rings. The van der Waals surface area contributed by atoms with E-state index in [2.05, 4.69) is 15.4 Å². The van der Waals surface area contributed by atoms with Crippen LogP contribution in [-0.4, -0.2) is 27.9 Å². The molecule has 136 valence electrons. The summed E-state index contributed by atoms with van der Waals surface area (Å²) in [7, 11) is -3.44. The van der Waals surface area contributed by atoms with Gasteiger partial charge in [-0.2, -0.15) is 5.10 Å². The molecule has 0 fully saturated rings. The Labute approximate surface area is 153 Å². The van der Waals surface area contributed by atoms with Gasteiger partial charge in [-0.25, -0.2) is 18.1 Å². The number of hydrogen-bond acceptors (Lipinski definition) is 5. The van der Waals surface area contributed by atoms with Crippen molar-refractivity contribution in [2.24, 2.45) is 0 Å². The van der Waals surface area contributed by atoms with E-state index in [0.29, 0.717) is 6.54 Å². The molecular weight excluding hydrogens is 348 g/mol. The van der Waals surface area contributed by atoms with Crippen LogP contribution in [0.3, 0.4) is 0 Å². The van der Waals surface area contributed by atoms with E-state index in [-0.39, 0.29) is 5.03 Å². The molecule has 0 bridgehead atoms. The van der Waals surface area contributed by atoms with Gasteiger partial charge in [0.2, 0.25) is 0 Å². The summed E-state index contributed by atoms with van der Waals surface area (Å²) in [5, 5.41) is 7.82. The molecule has 2 heterocycles. The molecule has 6 nitrogen and oxygen atoms in total. The first-order valence-electron chi connectivity index (χ1n) is 8.32. The Bertz CT molecular complexity index is 972. The van der Waals surface area contributed by atoms with Crippen molar-refractivity contribution in [1.82, 2.24) is 14.8 Å². The highest BCUT2D eigenvalue weighted by Crippen LogP contribution is 2.23. The quantitative estimate of drug-likeness (QED) is 0.744. The fourth-order valence-corrected chi connectivity index (χ4v) is 3.40. The maximum Gasteiger partial charge on any atom is 0.200 e. The summed E-state index contributed by atoms with van der Waals surface area (Å²) >= 11 is 0. The molecule has 0 aliphatic rings. The van der Waals surface area contributed by atoms with Gasteiger partial charge >= 0.3 is 0 Å². The Balaban J connectivity index is 1.67. The fourth-order valence-electron chi connectivity index (χ4n) is 2.33. The molecule has 0 unspecified atom stereocenters. The number of pyridine rings is 1. The van der Waals surface area contributed by atoms with E-state index in [1.165, 1.54) is 12.3 Å². The van der Waals surface area contributed by atoms with E-state index in [0.717, 1.165) is 17.1 Å². The Morgan fingerprint density at radius 2 is 1.77 bits per heavy atom. The van der Waals surface area contributed by atoms with Gasteiger partial charge in [0.25, 0.3) is 0 Å². The van der Waals surface area contributed by atoms with Crippen LogP contribution in [0.4, 0.5) is 5.69 Å². The van der Waals surface area contributed by atoms with Crippen molar-refractivity contribution in [3.63, 3.8) is 0 Å². The molecule has 0 radical (unpaired) electrons. The average molecular weight is 370 g/mol. The second-order valence-electron chi connectivity index (χ2n) is 6.94. The smallest absolute Gasteiger partial charge is 0.200 e. The number of para-hydroxylation sites is 1. The zero-order valence-electron chi connectivity index (χ0n) is 15.0. The summed E-state index contributed by atoms with van der Waals surface area (Å²) in [5.41, 5.74) is 2.62. The molecule has 2 aromatic heterocycles. The monoisotopic (exact) mass is 370 g/mol. The molecule has 26 heavy (non-hydrogen) atoms. The molecule has 0 spiro atoms. The van der Waals surface area contributed by atoms with E-state index < -0.39 is 14.6 Å². The topological polar surface area (TPSA) is 76.9 Å². The summed E-state index contributed by atoms with van der Waals surface area (Å²) in [6.45, 7) is 5.52. The Kier molecular flexibility index (Phi) is 4.82. The minimum absolute atomic E-state index is 0.0869. The average Bonchev–Trinajstić information content (AvgIpc) is 3.09. The van der Waals surface area contributed by atoms with E-state index in [1.54, 1.807) is 26.8 Å². The van der Waals surface area contributed by atoms with Crippen molar-refractivity contribution >= 4 is 15.5 Å². The molecule has 0 aliphatic heterocycles. The molecule has 0 amide bonds. The van der Waals surface area contributed by atoms with Gasteiger partial charge in [-0.1, -0.05) is 18.2 Å². The molecule has 3 rings (SSSR count). The number of nitrogens with zero attached hydrogens (tertiary/aromatic N) is 3. The van der Waals surface area contributed by atoms with E-state index in [4.69, 9.17) is 0 Å². The lowest BCUT2D eigenvalue weighted by atomic mass is 10.3. The second kappa shape index (κ2) is 6.92. The Morgan fingerprint density at radius 1 is 1.04 bits per heavy atom. The number of sulfone groups is 1. The number of aromatic nitrogens is 3. The van der Waals surface area contributed by atoms with Gasteiger partial charge in [-0.15, -0.1) is 0 Å². The molecule has 0 atom stereocenters. The zero-order chi connectivity index (χ0) is 18.8. The highest BCUT2D eigenvalue weighted by molar-refractivity contribution is 7.92. The van der Waals surface area contributed by atoms with Crippen LogP contribution in [0.5, 0.6) is 0 Å². The van der Waals surface area contributed by atoms with Crippen LogP contribution < -0.4 is 5.32 Å². The fraction of sp³-hybridized carbons (Fsp3) is 0.263. The molecular formula is C19H22N4O2S. The number of rotatable bonds is 5. The van der Waals surface area contributed by atoms with Crippen molar-refractivity contribution in [2.45, 2.75) is 37.1 Å². The van der Waals surface area contributed by atoms with Crippen LogP contribution in [-0.2, 0) is 16.4 Å². The van der Waals surface area contributed by atoms with Crippen LogP contribution in [0.15, 0.2) is 66.0 Å². The van der Waals surface area contributed by atoms with Crippen molar-refractivity contribution in [3.05, 3.63) is 66.6 Å². The Hall–Kier alpha value is -2.67. The highest BCUT2D eigenvalue weighted by Gasteiger charge is 2.31. The number of nitrogens with one attached hydrogen (secondary N) is 1.